The lowest BCUT2D eigenvalue weighted by Crippen LogP contribution is -2.46. The number of nitrogens with one attached hydrogen (secondary N) is 1. The van der Waals surface area contributed by atoms with Gasteiger partial charge in [0.15, 0.2) is 0 Å². The molecular weight excluding hydrogens is 457 g/mol. The van der Waals surface area contributed by atoms with Crippen LogP contribution < -0.4 is 5.32 Å². The van der Waals surface area contributed by atoms with E-state index in [9.17, 15) is 13.9 Å². The van der Waals surface area contributed by atoms with Gasteiger partial charge >= 0.3 is 0 Å². The number of phenolic OH excluding ortho intramolecular Hbond substituents is 1. The zero-order chi connectivity index (χ0) is 14.0. The molecule has 122 valence electrons. The lowest BCUT2D eigenvalue weighted by molar-refractivity contribution is 0.0169. The third-order valence-corrected chi connectivity index (χ3v) is 4.22. The van der Waals surface area contributed by atoms with Gasteiger partial charge in [-0.15, -0.1) is 24.8 Å². The van der Waals surface area contributed by atoms with Gasteiger partial charge in [0.2, 0.25) is 0 Å². The van der Waals surface area contributed by atoms with Crippen molar-refractivity contribution in [3.8, 4) is 5.75 Å². The molecule has 1 aromatic rings. The first kappa shape index (κ1) is 21.3. The van der Waals surface area contributed by atoms with Gasteiger partial charge in [0.1, 0.15) is 11.8 Å². The summed E-state index contributed by atoms with van der Waals surface area (Å²) in [6, 6.07) is 2.11. The van der Waals surface area contributed by atoms with Gasteiger partial charge in [-0.3, -0.25) is 4.90 Å². The topological polar surface area (TPSA) is 35.5 Å². The average molecular weight is 473 g/mol. The van der Waals surface area contributed by atoms with Gasteiger partial charge in [-0.25, -0.2) is 8.78 Å². The Morgan fingerprint density at radius 3 is 2.24 bits per heavy atom. The maximum absolute atomic E-state index is 13.4. The van der Waals surface area contributed by atoms with E-state index in [1.165, 1.54) is 0 Å². The van der Waals surface area contributed by atoms with Crippen molar-refractivity contribution in [1.29, 1.82) is 0 Å². The standard InChI is InChI=1S/C12H14Br2F2N2O.2ClH/c13-7-5-8(11(19)9(14)6-7)10(12(15)16)18-3-1-17-2-4-18;;/h5-6,10,12,17,19H,1-4H2;2*1H/t10-;;/m1../s1. The van der Waals surface area contributed by atoms with E-state index in [0.29, 0.717) is 35.1 Å². The third kappa shape index (κ3) is 5.18. The van der Waals surface area contributed by atoms with Gasteiger partial charge in [0.25, 0.3) is 6.43 Å². The van der Waals surface area contributed by atoms with E-state index in [1.54, 1.807) is 17.0 Å². The molecule has 1 fully saturated rings. The number of halogens is 6. The minimum Gasteiger partial charge on any atom is -0.506 e. The summed E-state index contributed by atoms with van der Waals surface area (Å²) in [5, 5.41) is 13.2. The van der Waals surface area contributed by atoms with E-state index < -0.39 is 12.5 Å². The molecule has 21 heavy (non-hydrogen) atoms. The smallest absolute Gasteiger partial charge is 0.258 e. The molecule has 0 radical (unpaired) electrons. The zero-order valence-corrected chi connectivity index (χ0v) is 15.7. The summed E-state index contributed by atoms with van der Waals surface area (Å²) < 4.78 is 27.9. The quantitative estimate of drug-likeness (QED) is 0.698. The fraction of sp³-hybridized carbons (Fsp3) is 0.500. The molecular formula is C12H16Br2Cl2F2N2O. The molecule has 1 atom stereocenters. The van der Waals surface area contributed by atoms with E-state index in [0.717, 1.165) is 0 Å². The molecule has 2 N–H and O–H groups in total. The van der Waals surface area contributed by atoms with Gasteiger partial charge in [-0.2, -0.15) is 0 Å². The summed E-state index contributed by atoms with van der Waals surface area (Å²) in [6.45, 7) is 2.44. The van der Waals surface area contributed by atoms with Crippen molar-refractivity contribution >= 4 is 56.7 Å². The molecule has 1 saturated heterocycles. The summed E-state index contributed by atoms with van der Waals surface area (Å²) in [4.78, 5) is 1.70. The summed E-state index contributed by atoms with van der Waals surface area (Å²) in [5.41, 5.74) is 0.248. The molecule has 1 aromatic carbocycles. The molecule has 1 heterocycles. The van der Waals surface area contributed by atoms with Crippen molar-refractivity contribution in [2.24, 2.45) is 0 Å². The zero-order valence-electron chi connectivity index (χ0n) is 10.9. The number of benzene rings is 1. The van der Waals surface area contributed by atoms with E-state index in [1.807, 2.05) is 0 Å². The van der Waals surface area contributed by atoms with E-state index in [4.69, 9.17) is 0 Å². The van der Waals surface area contributed by atoms with Gasteiger partial charge in [0, 0.05) is 36.2 Å². The second kappa shape index (κ2) is 9.47. The first-order valence-electron chi connectivity index (χ1n) is 5.91. The SMILES string of the molecule is Cl.Cl.Oc1c(Br)cc(Br)cc1[C@H](C(F)F)N1CCNCC1. The van der Waals surface area contributed by atoms with Crippen LogP contribution in [-0.2, 0) is 0 Å². The fourth-order valence-corrected chi connectivity index (χ4v) is 3.52. The Balaban J connectivity index is 0.00000200. The Morgan fingerprint density at radius 1 is 1.14 bits per heavy atom. The fourth-order valence-electron chi connectivity index (χ4n) is 2.26. The first-order valence-corrected chi connectivity index (χ1v) is 7.50. The van der Waals surface area contributed by atoms with Crippen molar-refractivity contribution in [1.82, 2.24) is 10.2 Å². The largest absolute Gasteiger partial charge is 0.506 e. The highest BCUT2D eigenvalue weighted by Gasteiger charge is 2.32. The van der Waals surface area contributed by atoms with E-state index >= 15 is 0 Å². The molecule has 1 aliphatic heterocycles. The van der Waals surface area contributed by atoms with Crippen LogP contribution in [0.15, 0.2) is 21.1 Å². The second-order valence-corrected chi connectivity index (χ2v) is 6.16. The van der Waals surface area contributed by atoms with Crippen LogP contribution >= 0.6 is 56.7 Å². The highest BCUT2D eigenvalue weighted by molar-refractivity contribution is 9.11. The molecule has 9 heteroatoms. The predicted molar refractivity (Wildman–Crippen MR) is 91.2 cm³/mol. The van der Waals surface area contributed by atoms with Crippen LogP contribution in [-0.4, -0.2) is 42.6 Å². The van der Waals surface area contributed by atoms with Crippen molar-refractivity contribution in [3.05, 3.63) is 26.6 Å². The van der Waals surface area contributed by atoms with Crippen LogP contribution in [0.4, 0.5) is 8.78 Å². The van der Waals surface area contributed by atoms with Crippen molar-refractivity contribution in [2.75, 3.05) is 26.2 Å². The van der Waals surface area contributed by atoms with Gasteiger partial charge in [-0.05, 0) is 28.1 Å². The summed E-state index contributed by atoms with van der Waals surface area (Å²) >= 11 is 6.45. The van der Waals surface area contributed by atoms with Crippen LogP contribution in [0.1, 0.15) is 11.6 Å². The highest BCUT2D eigenvalue weighted by Crippen LogP contribution is 2.39. The average Bonchev–Trinajstić information content (AvgIpc) is 2.36. The Hall–Kier alpha value is 0.340. The summed E-state index contributed by atoms with van der Waals surface area (Å²) in [7, 11) is 0. The number of hydrogen-bond donors (Lipinski definition) is 2. The van der Waals surface area contributed by atoms with Crippen LogP contribution in [0.2, 0.25) is 0 Å². The van der Waals surface area contributed by atoms with Gasteiger partial charge < -0.3 is 10.4 Å². The lowest BCUT2D eigenvalue weighted by atomic mass is 10.0. The van der Waals surface area contributed by atoms with Crippen LogP contribution in [0.5, 0.6) is 5.75 Å². The van der Waals surface area contributed by atoms with Crippen molar-refractivity contribution in [2.45, 2.75) is 12.5 Å². The Kier molecular flexibility index (Phi) is 9.63. The Morgan fingerprint density at radius 2 is 1.71 bits per heavy atom. The van der Waals surface area contributed by atoms with Gasteiger partial charge in [-0.1, -0.05) is 15.9 Å². The van der Waals surface area contributed by atoms with Crippen molar-refractivity contribution < 1.29 is 13.9 Å². The lowest BCUT2D eigenvalue weighted by Gasteiger charge is -2.35. The molecule has 0 saturated carbocycles. The Bertz CT molecular complexity index is 463. The molecule has 1 aliphatic rings. The molecule has 0 aromatic heterocycles. The normalized spacial score (nSPS) is 17.0. The number of piperazine rings is 1. The Labute approximate surface area is 151 Å². The molecule has 0 spiro atoms. The van der Waals surface area contributed by atoms with Crippen LogP contribution in [0.3, 0.4) is 0 Å². The molecule has 2 rings (SSSR count). The minimum absolute atomic E-state index is 0. The van der Waals surface area contributed by atoms with Crippen LogP contribution in [0, 0.1) is 0 Å². The van der Waals surface area contributed by atoms with E-state index in [2.05, 4.69) is 37.2 Å². The number of nitrogens with zero attached hydrogens (tertiary/aromatic N) is 1. The number of alkyl halides is 2. The third-order valence-electron chi connectivity index (χ3n) is 3.16. The molecule has 3 nitrogen and oxygen atoms in total. The highest BCUT2D eigenvalue weighted by atomic mass is 79.9. The number of hydrogen-bond acceptors (Lipinski definition) is 3. The number of aromatic hydroxyl groups is 1. The first-order chi connectivity index (χ1) is 9.00. The van der Waals surface area contributed by atoms with Crippen molar-refractivity contribution in [3.63, 3.8) is 0 Å². The summed E-state index contributed by atoms with van der Waals surface area (Å²) in [6.07, 6.45) is -2.55. The molecule has 0 aliphatic carbocycles. The molecule has 0 amide bonds. The predicted octanol–water partition coefficient (Wildman–Crippen LogP) is 3.97. The molecule has 0 bridgehead atoms. The van der Waals surface area contributed by atoms with Crippen LogP contribution in [0.25, 0.3) is 0 Å². The maximum Gasteiger partial charge on any atom is 0.258 e. The van der Waals surface area contributed by atoms with E-state index in [-0.39, 0.29) is 36.1 Å². The number of phenols is 1. The monoisotopic (exact) mass is 470 g/mol. The minimum atomic E-state index is -2.55. The second-order valence-electron chi connectivity index (χ2n) is 4.39. The summed E-state index contributed by atoms with van der Waals surface area (Å²) in [5.74, 6) is -0.118. The maximum atomic E-state index is 13.4. The van der Waals surface area contributed by atoms with Gasteiger partial charge in [0.05, 0.1) is 4.47 Å². The number of rotatable bonds is 3. The molecule has 0 unspecified atom stereocenters.